The summed E-state index contributed by atoms with van der Waals surface area (Å²) in [4.78, 5) is 13.6. The van der Waals surface area contributed by atoms with Crippen LogP contribution in [-0.2, 0) is 25.3 Å². The summed E-state index contributed by atoms with van der Waals surface area (Å²) < 4.78 is 32.2. The van der Waals surface area contributed by atoms with E-state index in [1.165, 1.54) is 4.31 Å². The minimum atomic E-state index is -3.41. The van der Waals surface area contributed by atoms with Crippen molar-refractivity contribution in [2.24, 2.45) is 0 Å². The molecule has 1 aromatic rings. The van der Waals surface area contributed by atoms with Gasteiger partial charge in [-0.15, -0.1) is 0 Å². The van der Waals surface area contributed by atoms with E-state index < -0.39 is 10.0 Å². The number of ether oxygens (including phenoxy) is 1. The lowest BCUT2D eigenvalue weighted by Crippen LogP contribution is -2.53. The maximum Gasteiger partial charge on any atom is 0.248 e. The first-order valence-corrected chi connectivity index (χ1v) is 9.05. The van der Waals surface area contributed by atoms with Crippen molar-refractivity contribution < 1.29 is 17.9 Å². The van der Waals surface area contributed by atoms with Gasteiger partial charge in [-0.3, -0.25) is 4.79 Å². The number of carbonyl (C=O) groups is 1. The summed E-state index contributed by atoms with van der Waals surface area (Å²) in [5.41, 5.74) is 0.765. The van der Waals surface area contributed by atoms with Gasteiger partial charge in [0.2, 0.25) is 15.9 Å². The maximum atomic E-state index is 12.6. The van der Waals surface area contributed by atoms with Gasteiger partial charge in [-0.1, -0.05) is 30.3 Å². The van der Waals surface area contributed by atoms with Gasteiger partial charge in [0.05, 0.1) is 17.9 Å². The molecule has 0 aromatic heterocycles. The molecular formula is C15H20N2O4S. The third kappa shape index (κ3) is 2.88. The third-order valence-corrected chi connectivity index (χ3v) is 6.05. The van der Waals surface area contributed by atoms with Gasteiger partial charge >= 0.3 is 0 Å². The molecule has 2 heterocycles. The van der Waals surface area contributed by atoms with Crippen molar-refractivity contribution in [2.75, 3.05) is 26.2 Å². The fraction of sp³-hybridized carbons (Fsp3) is 0.533. The first kappa shape index (κ1) is 15.5. The molecule has 3 rings (SSSR count). The fourth-order valence-corrected chi connectivity index (χ4v) is 4.70. The number of rotatable bonds is 4. The van der Waals surface area contributed by atoms with Crippen LogP contribution in [0, 0.1) is 0 Å². The van der Waals surface area contributed by atoms with Crippen LogP contribution in [0.25, 0.3) is 0 Å². The summed E-state index contributed by atoms with van der Waals surface area (Å²) in [5.74, 6) is -0.0843. The highest BCUT2D eigenvalue weighted by molar-refractivity contribution is 7.88. The molecule has 6 nitrogen and oxygen atoms in total. The smallest absolute Gasteiger partial charge is 0.248 e. The Hall–Kier alpha value is -1.44. The third-order valence-electron chi connectivity index (χ3n) is 4.27. The van der Waals surface area contributed by atoms with E-state index >= 15 is 0 Å². The number of benzene rings is 1. The predicted octanol–water partition coefficient (Wildman–Crippen LogP) is 0.448. The predicted molar refractivity (Wildman–Crippen MR) is 81.6 cm³/mol. The van der Waals surface area contributed by atoms with E-state index in [2.05, 4.69) is 0 Å². The largest absolute Gasteiger partial charge is 0.365 e. The van der Waals surface area contributed by atoms with Gasteiger partial charge < -0.3 is 9.64 Å². The molecule has 2 saturated heterocycles. The second-order valence-corrected chi connectivity index (χ2v) is 7.62. The molecule has 2 aliphatic rings. The number of likely N-dealkylation sites (N-methyl/N-ethyl adjacent to an activating group) is 1. The van der Waals surface area contributed by atoms with E-state index in [9.17, 15) is 13.2 Å². The summed E-state index contributed by atoms with van der Waals surface area (Å²) in [6.45, 7) is 3.17. The second-order valence-electron chi connectivity index (χ2n) is 5.66. The lowest BCUT2D eigenvalue weighted by atomic mass is 10.1. The first-order chi connectivity index (χ1) is 10.5. The van der Waals surface area contributed by atoms with Gasteiger partial charge in [-0.05, 0) is 12.5 Å². The Labute approximate surface area is 130 Å². The van der Waals surface area contributed by atoms with Gasteiger partial charge in [0, 0.05) is 19.6 Å². The number of carbonyl (C=O) groups excluding carboxylic acids is 1. The zero-order chi connectivity index (χ0) is 15.7. The molecule has 1 aromatic carbocycles. The Morgan fingerprint density at radius 1 is 1.23 bits per heavy atom. The number of nitrogens with zero attached hydrogens (tertiary/aromatic N) is 2. The summed E-state index contributed by atoms with van der Waals surface area (Å²) in [6.07, 6.45) is -0.219. The Balaban J connectivity index is 1.75. The van der Waals surface area contributed by atoms with Gasteiger partial charge in [0.25, 0.3) is 0 Å². The van der Waals surface area contributed by atoms with Crippen LogP contribution in [0.4, 0.5) is 0 Å². The summed E-state index contributed by atoms with van der Waals surface area (Å²) in [5, 5.41) is 0. The number of hydrogen-bond acceptors (Lipinski definition) is 4. The van der Waals surface area contributed by atoms with Gasteiger partial charge in [-0.2, -0.15) is 4.31 Å². The number of sulfonamides is 1. The fourth-order valence-electron chi connectivity index (χ4n) is 3.15. The molecule has 0 spiro atoms. The Morgan fingerprint density at radius 3 is 2.64 bits per heavy atom. The highest BCUT2D eigenvalue weighted by Gasteiger charge is 2.45. The second kappa shape index (κ2) is 5.98. The number of hydrogen-bond donors (Lipinski definition) is 0. The van der Waals surface area contributed by atoms with Crippen LogP contribution in [-0.4, -0.2) is 61.9 Å². The quantitative estimate of drug-likeness (QED) is 0.806. The number of fused-ring (bicyclic) bond motifs is 1. The monoisotopic (exact) mass is 324 g/mol. The molecule has 1 amide bonds. The first-order valence-electron chi connectivity index (χ1n) is 7.44. The molecule has 2 fully saturated rings. The molecule has 22 heavy (non-hydrogen) atoms. The van der Waals surface area contributed by atoms with Gasteiger partial charge in [0.15, 0.2) is 0 Å². The average molecular weight is 324 g/mol. The van der Waals surface area contributed by atoms with E-state index in [1.54, 1.807) is 17.0 Å². The van der Waals surface area contributed by atoms with Crippen LogP contribution >= 0.6 is 0 Å². The van der Waals surface area contributed by atoms with Gasteiger partial charge in [0.1, 0.15) is 6.61 Å². The van der Waals surface area contributed by atoms with Crippen molar-refractivity contribution in [3.8, 4) is 0 Å². The SMILES string of the molecule is CCN1C(=O)CO[C@@H]2CN(S(=O)(=O)Cc3ccccc3)C[C@H]21. The van der Waals surface area contributed by atoms with Crippen molar-refractivity contribution in [1.29, 1.82) is 0 Å². The minimum absolute atomic E-state index is 0.0205. The molecule has 0 N–H and O–H groups in total. The maximum absolute atomic E-state index is 12.6. The zero-order valence-corrected chi connectivity index (χ0v) is 13.3. The normalized spacial score (nSPS) is 26.2. The summed E-state index contributed by atoms with van der Waals surface area (Å²) in [6, 6.07) is 8.96. The zero-order valence-electron chi connectivity index (χ0n) is 12.5. The molecular weight excluding hydrogens is 304 g/mol. The molecule has 0 saturated carbocycles. The minimum Gasteiger partial charge on any atom is -0.365 e. The topological polar surface area (TPSA) is 66.9 Å². The lowest BCUT2D eigenvalue weighted by Gasteiger charge is -2.35. The van der Waals surface area contributed by atoms with Crippen LogP contribution in [0.15, 0.2) is 30.3 Å². The number of morpholine rings is 1. The van der Waals surface area contributed by atoms with Crippen molar-refractivity contribution in [1.82, 2.24) is 9.21 Å². The van der Waals surface area contributed by atoms with E-state index in [0.29, 0.717) is 19.6 Å². The van der Waals surface area contributed by atoms with Crippen LogP contribution in [0.3, 0.4) is 0 Å². The van der Waals surface area contributed by atoms with Crippen LogP contribution < -0.4 is 0 Å². The Kier molecular flexibility index (Phi) is 4.20. The van der Waals surface area contributed by atoms with Crippen LogP contribution in [0.2, 0.25) is 0 Å². The van der Waals surface area contributed by atoms with Crippen molar-refractivity contribution in [3.63, 3.8) is 0 Å². The molecule has 0 bridgehead atoms. The van der Waals surface area contributed by atoms with E-state index in [1.807, 2.05) is 25.1 Å². The molecule has 0 aliphatic carbocycles. The highest BCUT2D eigenvalue weighted by Crippen LogP contribution is 2.26. The average Bonchev–Trinajstić information content (AvgIpc) is 2.93. The molecule has 2 aliphatic heterocycles. The van der Waals surface area contributed by atoms with Crippen molar-refractivity contribution >= 4 is 15.9 Å². The standard InChI is InChI=1S/C15H20N2O4S/c1-2-17-13-8-16(9-14(13)21-10-15(17)18)22(19,20)11-12-6-4-3-5-7-12/h3-7,13-14H,2,8-11H2,1H3/t13-,14-/m1/s1. The molecule has 0 unspecified atom stereocenters. The van der Waals surface area contributed by atoms with Crippen molar-refractivity contribution in [3.05, 3.63) is 35.9 Å². The molecule has 0 radical (unpaired) electrons. The van der Waals surface area contributed by atoms with E-state index in [0.717, 1.165) is 5.56 Å². The number of amides is 1. The van der Waals surface area contributed by atoms with Crippen LogP contribution in [0.1, 0.15) is 12.5 Å². The Bertz CT molecular complexity index is 647. The molecule has 7 heteroatoms. The van der Waals surface area contributed by atoms with E-state index in [4.69, 9.17) is 4.74 Å². The van der Waals surface area contributed by atoms with Crippen LogP contribution in [0.5, 0.6) is 0 Å². The van der Waals surface area contributed by atoms with Gasteiger partial charge in [-0.25, -0.2) is 8.42 Å². The summed E-state index contributed by atoms with van der Waals surface area (Å²) in [7, 11) is -3.41. The summed E-state index contributed by atoms with van der Waals surface area (Å²) >= 11 is 0. The highest BCUT2D eigenvalue weighted by atomic mass is 32.2. The Morgan fingerprint density at radius 2 is 1.95 bits per heavy atom. The van der Waals surface area contributed by atoms with Crippen molar-refractivity contribution in [2.45, 2.75) is 24.8 Å². The molecule has 2 atom stereocenters. The molecule has 120 valence electrons. The lowest BCUT2D eigenvalue weighted by molar-refractivity contribution is -0.152. The van der Waals surface area contributed by atoms with E-state index in [-0.39, 0.29) is 30.4 Å².